The van der Waals surface area contributed by atoms with Crippen LogP contribution < -0.4 is 5.32 Å². The number of hydrogen-bond acceptors (Lipinski definition) is 5. The molecule has 7 heteroatoms. The summed E-state index contributed by atoms with van der Waals surface area (Å²) < 4.78 is 5.12. The molecule has 0 unspecified atom stereocenters. The summed E-state index contributed by atoms with van der Waals surface area (Å²) in [5.41, 5.74) is 1.13. The minimum atomic E-state index is -0.950. The number of nitrogens with one attached hydrogen (secondary N) is 1. The highest BCUT2D eigenvalue weighted by Gasteiger charge is 2.28. The van der Waals surface area contributed by atoms with Crippen molar-refractivity contribution in [1.82, 2.24) is 10.1 Å². The van der Waals surface area contributed by atoms with Gasteiger partial charge in [0.15, 0.2) is 5.69 Å². The van der Waals surface area contributed by atoms with Crippen LogP contribution in [0, 0.1) is 0 Å². The van der Waals surface area contributed by atoms with Crippen molar-refractivity contribution in [3.05, 3.63) is 41.5 Å². The molecule has 21 heavy (non-hydrogen) atoms. The molecule has 1 aliphatic rings. The van der Waals surface area contributed by atoms with Crippen molar-refractivity contribution >= 4 is 17.6 Å². The molecule has 7 nitrogen and oxygen atoms in total. The Kier molecular flexibility index (Phi) is 3.39. The first kappa shape index (κ1) is 13.3. The number of anilines is 1. The van der Waals surface area contributed by atoms with Gasteiger partial charge in [-0.05, 0) is 25.0 Å². The van der Waals surface area contributed by atoms with Crippen molar-refractivity contribution in [2.45, 2.75) is 25.2 Å². The number of carboxylic acids is 1. The van der Waals surface area contributed by atoms with E-state index in [1.807, 2.05) is 0 Å². The number of nitrogens with zero attached hydrogens (tertiary/aromatic N) is 2. The third kappa shape index (κ3) is 3.25. The highest BCUT2D eigenvalue weighted by atomic mass is 16.5. The number of amides is 1. The fourth-order valence-electron chi connectivity index (χ4n) is 1.91. The molecular weight excluding hydrogens is 274 g/mol. The molecule has 0 atom stereocenters. The second kappa shape index (κ2) is 5.35. The molecule has 1 saturated carbocycles. The lowest BCUT2D eigenvalue weighted by Crippen LogP contribution is -2.12. The zero-order valence-electron chi connectivity index (χ0n) is 11.1. The molecule has 2 aromatic heterocycles. The van der Waals surface area contributed by atoms with Crippen LogP contribution in [0.25, 0.3) is 0 Å². The molecule has 1 aliphatic carbocycles. The zero-order chi connectivity index (χ0) is 14.8. The first-order valence-corrected chi connectivity index (χ1v) is 6.56. The van der Waals surface area contributed by atoms with Gasteiger partial charge >= 0.3 is 5.97 Å². The Morgan fingerprint density at radius 1 is 1.38 bits per heavy atom. The molecule has 0 aromatic carbocycles. The van der Waals surface area contributed by atoms with Crippen LogP contribution in [0.4, 0.5) is 5.69 Å². The largest absolute Gasteiger partial charge is 0.481 e. The summed E-state index contributed by atoms with van der Waals surface area (Å²) in [6.07, 6.45) is 3.41. The van der Waals surface area contributed by atoms with Crippen molar-refractivity contribution in [3.63, 3.8) is 0 Å². The quantitative estimate of drug-likeness (QED) is 0.869. The predicted molar refractivity (Wildman–Crippen MR) is 72.0 cm³/mol. The van der Waals surface area contributed by atoms with Crippen LogP contribution in [0.1, 0.15) is 40.7 Å². The van der Waals surface area contributed by atoms with Crippen molar-refractivity contribution < 1.29 is 19.2 Å². The van der Waals surface area contributed by atoms with Crippen molar-refractivity contribution in [1.29, 1.82) is 0 Å². The van der Waals surface area contributed by atoms with Crippen molar-refractivity contribution in [3.8, 4) is 0 Å². The van der Waals surface area contributed by atoms with Gasteiger partial charge in [-0.1, -0.05) is 5.16 Å². The summed E-state index contributed by atoms with van der Waals surface area (Å²) in [5.74, 6) is -0.181. The first-order valence-electron chi connectivity index (χ1n) is 6.56. The van der Waals surface area contributed by atoms with Crippen LogP contribution in [-0.4, -0.2) is 27.1 Å². The van der Waals surface area contributed by atoms with E-state index in [1.165, 1.54) is 6.20 Å². The predicted octanol–water partition coefficient (Wildman–Crippen LogP) is 1.83. The number of carboxylic acid groups (broad SMARTS) is 1. The fourth-order valence-corrected chi connectivity index (χ4v) is 1.91. The Balaban J connectivity index is 1.64. The van der Waals surface area contributed by atoms with E-state index in [0.29, 0.717) is 17.3 Å². The molecule has 108 valence electrons. The number of aromatic nitrogens is 2. The van der Waals surface area contributed by atoms with E-state index in [0.717, 1.165) is 18.6 Å². The number of aliphatic carboxylic acids is 1. The topological polar surface area (TPSA) is 105 Å². The molecule has 1 amide bonds. The smallest absolute Gasteiger partial charge is 0.309 e. The third-order valence-electron chi connectivity index (χ3n) is 3.16. The van der Waals surface area contributed by atoms with E-state index in [4.69, 9.17) is 9.63 Å². The van der Waals surface area contributed by atoms with Crippen LogP contribution in [0.15, 0.2) is 28.9 Å². The van der Waals surface area contributed by atoms with Crippen molar-refractivity contribution in [2.24, 2.45) is 0 Å². The number of carbonyl (C=O) groups excluding carboxylic acids is 1. The second-order valence-corrected chi connectivity index (χ2v) is 4.95. The highest BCUT2D eigenvalue weighted by molar-refractivity contribution is 6.02. The molecule has 0 aliphatic heterocycles. The van der Waals surface area contributed by atoms with E-state index in [9.17, 15) is 9.59 Å². The van der Waals surface area contributed by atoms with Gasteiger partial charge in [0.2, 0.25) is 0 Å². The lowest BCUT2D eigenvalue weighted by molar-refractivity contribution is -0.136. The molecule has 2 aromatic rings. The average Bonchev–Trinajstić information content (AvgIpc) is 3.18. The van der Waals surface area contributed by atoms with Gasteiger partial charge in [0.25, 0.3) is 5.91 Å². The average molecular weight is 287 g/mol. The zero-order valence-corrected chi connectivity index (χ0v) is 11.1. The van der Waals surface area contributed by atoms with Gasteiger partial charge in [-0.2, -0.15) is 0 Å². The van der Waals surface area contributed by atoms with Gasteiger partial charge in [-0.25, -0.2) is 0 Å². The molecule has 0 bridgehead atoms. The summed E-state index contributed by atoms with van der Waals surface area (Å²) in [5, 5.41) is 15.0. The lowest BCUT2D eigenvalue weighted by Gasteiger charge is -2.03. The normalized spacial score (nSPS) is 13.9. The summed E-state index contributed by atoms with van der Waals surface area (Å²) in [4.78, 5) is 26.5. The van der Waals surface area contributed by atoms with Crippen LogP contribution in [-0.2, 0) is 11.2 Å². The van der Waals surface area contributed by atoms with Gasteiger partial charge < -0.3 is 14.9 Å². The van der Waals surface area contributed by atoms with Crippen LogP contribution in [0.3, 0.4) is 0 Å². The summed E-state index contributed by atoms with van der Waals surface area (Å²) >= 11 is 0. The molecule has 2 N–H and O–H groups in total. The van der Waals surface area contributed by atoms with Crippen molar-refractivity contribution in [2.75, 3.05) is 5.32 Å². The molecule has 1 fully saturated rings. The van der Waals surface area contributed by atoms with Crippen LogP contribution >= 0.6 is 0 Å². The monoisotopic (exact) mass is 287 g/mol. The fraction of sp³-hybridized carbons (Fsp3) is 0.286. The minimum absolute atomic E-state index is 0.151. The number of hydrogen-bond donors (Lipinski definition) is 2. The lowest BCUT2D eigenvalue weighted by atomic mass is 10.2. The number of carbonyl (C=O) groups is 2. The SMILES string of the molecule is O=C(O)Cc1ccc(NC(=O)c2cc(C3CC3)on2)cn1. The minimum Gasteiger partial charge on any atom is -0.481 e. The second-order valence-electron chi connectivity index (χ2n) is 4.95. The molecule has 2 heterocycles. The molecule has 0 radical (unpaired) electrons. The van der Waals surface area contributed by atoms with E-state index in [2.05, 4.69) is 15.5 Å². The summed E-state index contributed by atoms with van der Waals surface area (Å²) in [7, 11) is 0. The first-order chi connectivity index (χ1) is 10.1. The maximum atomic E-state index is 12.0. The Morgan fingerprint density at radius 2 is 2.19 bits per heavy atom. The Bertz CT molecular complexity index is 674. The van der Waals surface area contributed by atoms with E-state index in [1.54, 1.807) is 18.2 Å². The van der Waals surface area contributed by atoms with Gasteiger partial charge in [0, 0.05) is 12.0 Å². The van der Waals surface area contributed by atoms with E-state index in [-0.39, 0.29) is 18.0 Å². The number of rotatable bonds is 5. The third-order valence-corrected chi connectivity index (χ3v) is 3.16. The van der Waals surface area contributed by atoms with Crippen LogP contribution in [0.5, 0.6) is 0 Å². The maximum Gasteiger partial charge on any atom is 0.309 e. The van der Waals surface area contributed by atoms with Gasteiger partial charge in [0.05, 0.1) is 24.0 Å². The maximum absolute atomic E-state index is 12.0. The van der Waals surface area contributed by atoms with E-state index < -0.39 is 5.97 Å². The molecule has 0 saturated heterocycles. The van der Waals surface area contributed by atoms with Gasteiger partial charge in [-0.15, -0.1) is 0 Å². The molecule has 0 spiro atoms. The standard InChI is InChI=1S/C14H13N3O4/c18-13(19)5-9-3-4-10(7-15-9)16-14(20)11-6-12(21-17-11)8-1-2-8/h3-4,6-8H,1-2,5H2,(H,16,20)(H,18,19). The Morgan fingerprint density at radius 3 is 2.81 bits per heavy atom. The Hall–Kier alpha value is -2.70. The summed E-state index contributed by atoms with van der Waals surface area (Å²) in [6.45, 7) is 0. The molecule has 3 rings (SSSR count). The molecular formula is C14H13N3O4. The van der Waals surface area contributed by atoms with Gasteiger partial charge in [0.1, 0.15) is 5.76 Å². The van der Waals surface area contributed by atoms with Crippen LogP contribution in [0.2, 0.25) is 0 Å². The van der Waals surface area contributed by atoms with E-state index >= 15 is 0 Å². The Labute approximate surface area is 120 Å². The van der Waals surface area contributed by atoms with Gasteiger partial charge in [-0.3, -0.25) is 14.6 Å². The highest BCUT2D eigenvalue weighted by Crippen LogP contribution is 2.40. The number of pyridine rings is 1. The summed E-state index contributed by atoms with van der Waals surface area (Å²) in [6, 6.07) is 4.81.